The van der Waals surface area contributed by atoms with Crippen LogP contribution in [0, 0.1) is 0 Å². The number of rotatable bonds is 5. The number of aryl methyl sites for hydroxylation is 1. The van der Waals surface area contributed by atoms with Gasteiger partial charge in [-0.3, -0.25) is 0 Å². The van der Waals surface area contributed by atoms with Crippen LogP contribution in [0.15, 0.2) is 30.3 Å². The summed E-state index contributed by atoms with van der Waals surface area (Å²) in [6, 6.07) is 10.0. The van der Waals surface area contributed by atoms with E-state index in [1.807, 2.05) is 37.3 Å². The summed E-state index contributed by atoms with van der Waals surface area (Å²) in [6.45, 7) is 1.88. The van der Waals surface area contributed by atoms with E-state index in [0.717, 1.165) is 12.8 Å². The Morgan fingerprint density at radius 3 is 2.40 bits per heavy atom. The standard InChI is InChI=1S/C11H17NO2S/c1-10(12-15(2,13)14)8-9-11-6-4-3-5-7-11/h3-7,10,12H,8-9H2,1-2H3. The van der Waals surface area contributed by atoms with Crippen molar-refractivity contribution >= 4 is 10.0 Å². The fourth-order valence-electron chi connectivity index (χ4n) is 1.45. The predicted octanol–water partition coefficient (Wildman–Crippen LogP) is 1.56. The van der Waals surface area contributed by atoms with Gasteiger partial charge in [0.05, 0.1) is 6.26 Å². The summed E-state index contributed by atoms with van der Waals surface area (Å²) in [4.78, 5) is 0. The van der Waals surface area contributed by atoms with Gasteiger partial charge in [-0.05, 0) is 25.3 Å². The molecule has 1 atom stereocenters. The quantitative estimate of drug-likeness (QED) is 0.829. The minimum absolute atomic E-state index is 0.0137. The number of hydrogen-bond donors (Lipinski definition) is 1. The second-order valence-electron chi connectivity index (χ2n) is 3.82. The van der Waals surface area contributed by atoms with E-state index in [1.165, 1.54) is 11.8 Å². The molecule has 0 saturated carbocycles. The van der Waals surface area contributed by atoms with Gasteiger partial charge >= 0.3 is 0 Å². The number of sulfonamides is 1. The molecule has 1 aromatic rings. The molecule has 1 unspecified atom stereocenters. The maximum absolute atomic E-state index is 10.9. The van der Waals surface area contributed by atoms with Crippen LogP contribution in [0.25, 0.3) is 0 Å². The lowest BCUT2D eigenvalue weighted by Gasteiger charge is -2.11. The van der Waals surface area contributed by atoms with Gasteiger partial charge in [0.25, 0.3) is 0 Å². The highest BCUT2D eigenvalue weighted by Gasteiger charge is 2.07. The average Bonchev–Trinajstić information content (AvgIpc) is 2.14. The minimum Gasteiger partial charge on any atom is -0.213 e. The largest absolute Gasteiger partial charge is 0.213 e. The van der Waals surface area contributed by atoms with E-state index in [0.29, 0.717) is 0 Å². The van der Waals surface area contributed by atoms with Crippen molar-refractivity contribution in [2.24, 2.45) is 0 Å². The second kappa shape index (κ2) is 5.28. The van der Waals surface area contributed by atoms with Crippen molar-refractivity contribution in [1.82, 2.24) is 4.72 Å². The SMILES string of the molecule is CC(CCc1ccccc1)NS(C)(=O)=O. The lowest BCUT2D eigenvalue weighted by Crippen LogP contribution is -2.31. The van der Waals surface area contributed by atoms with Gasteiger partial charge in [-0.2, -0.15) is 0 Å². The first-order valence-electron chi connectivity index (χ1n) is 4.98. The van der Waals surface area contributed by atoms with E-state index in [-0.39, 0.29) is 6.04 Å². The van der Waals surface area contributed by atoms with Crippen LogP contribution in [0.3, 0.4) is 0 Å². The molecule has 0 fully saturated rings. The van der Waals surface area contributed by atoms with Crippen molar-refractivity contribution in [3.63, 3.8) is 0 Å². The molecule has 3 nitrogen and oxygen atoms in total. The van der Waals surface area contributed by atoms with Crippen LogP contribution in [0.1, 0.15) is 18.9 Å². The molecule has 4 heteroatoms. The Labute approximate surface area is 91.6 Å². The monoisotopic (exact) mass is 227 g/mol. The van der Waals surface area contributed by atoms with Gasteiger partial charge in [-0.25, -0.2) is 13.1 Å². The summed E-state index contributed by atoms with van der Waals surface area (Å²) in [6.07, 6.45) is 2.90. The molecular formula is C11H17NO2S. The van der Waals surface area contributed by atoms with Gasteiger partial charge in [0, 0.05) is 6.04 Å². The van der Waals surface area contributed by atoms with E-state index in [2.05, 4.69) is 4.72 Å². The Bertz CT molecular complexity index is 386. The van der Waals surface area contributed by atoms with Crippen molar-refractivity contribution in [2.45, 2.75) is 25.8 Å². The van der Waals surface area contributed by atoms with E-state index in [9.17, 15) is 8.42 Å². The first-order valence-corrected chi connectivity index (χ1v) is 6.88. The zero-order valence-corrected chi connectivity index (χ0v) is 9.92. The van der Waals surface area contributed by atoms with E-state index < -0.39 is 10.0 Å². The summed E-state index contributed by atoms with van der Waals surface area (Å²) >= 11 is 0. The second-order valence-corrected chi connectivity index (χ2v) is 5.60. The minimum atomic E-state index is -3.08. The smallest absolute Gasteiger partial charge is 0.208 e. The number of hydrogen-bond acceptors (Lipinski definition) is 2. The zero-order valence-electron chi connectivity index (χ0n) is 9.10. The molecule has 0 aromatic heterocycles. The van der Waals surface area contributed by atoms with Gasteiger partial charge in [0.2, 0.25) is 10.0 Å². The van der Waals surface area contributed by atoms with Crippen LogP contribution >= 0.6 is 0 Å². The maximum Gasteiger partial charge on any atom is 0.208 e. The van der Waals surface area contributed by atoms with Crippen LogP contribution in [0.5, 0.6) is 0 Å². The van der Waals surface area contributed by atoms with Crippen molar-refractivity contribution in [3.8, 4) is 0 Å². The van der Waals surface area contributed by atoms with Crippen LogP contribution in [0.2, 0.25) is 0 Å². The molecule has 1 aromatic carbocycles. The fourth-order valence-corrected chi connectivity index (χ4v) is 2.30. The van der Waals surface area contributed by atoms with Crippen LogP contribution in [0.4, 0.5) is 0 Å². The first-order chi connectivity index (χ1) is 6.97. The summed E-state index contributed by atoms with van der Waals surface area (Å²) in [5, 5.41) is 0. The first kappa shape index (κ1) is 12.2. The number of nitrogens with one attached hydrogen (secondary N) is 1. The van der Waals surface area contributed by atoms with Crippen molar-refractivity contribution in [2.75, 3.05) is 6.26 Å². The Morgan fingerprint density at radius 1 is 1.27 bits per heavy atom. The molecule has 0 spiro atoms. The van der Waals surface area contributed by atoms with Crippen LogP contribution in [-0.2, 0) is 16.4 Å². The molecule has 0 radical (unpaired) electrons. The van der Waals surface area contributed by atoms with E-state index in [1.54, 1.807) is 0 Å². The maximum atomic E-state index is 10.9. The molecule has 0 bridgehead atoms. The van der Waals surface area contributed by atoms with Gasteiger partial charge in [0.15, 0.2) is 0 Å². The van der Waals surface area contributed by atoms with Gasteiger partial charge in [-0.15, -0.1) is 0 Å². The predicted molar refractivity (Wildman–Crippen MR) is 62.2 cm³/mol. The molecule has 0 heterocycles. The summed E-state index contributed by atoms with van der Waals surface area (Å²) in [7, 11) is -3.08. The summed E-state index contributed by atoms with van der Waals surface area (Å²) in [5.74, 6) is 0. The van der Waals surface area contributed by atoms with Crippen molar-refractivity contribution < 1.29 is 8.42 Å². The Hall–Kier alpha value is -0.870. The third-order valence-corrected chi connectivity index (χ3v) is 2.95. The molecule has 0 amide bonds. The molecule has 0 aliphatic heterocycles. The third-order valence-electron chi connectivity index (χ3n) is 2.12. The molecule has 0 aliphatic carbocycles. The summed E-state index contributed by atoms with van der Waals surface area (Å²) in [5.41, 5.74) is 1.24. The molecule has 0 aliphatic rings. The third kappa shape index (κ3) is 5.54. The Kier molecular flexibility index (Phi) is 4.29. The van der Waals surface area contributed by atoms with Gasteiger partial charge < -0.3 is 0 Å². The Balaban J connectivity index is 2.38. The Morgan fingerprint density at radius 2 is 1.87 bits per heavy atom. The van der Waals surface area contributed by atoms with Crippen molar-refractivity contribution in [3.05, 3.63) is 35.9 Å². The summed E-state index contributed by atoms with van der Waals surface area (Å²) < 4.78 is 24.4. The molecule has 0 saturated heterocycles. The highest BCUT2D eigenvalue weighted by atomic mass is 32.2. The topological polar surface area (TPSA) is 46.2 Å². The van der Waals surface area contributed by atoms with E-state index >= 15 is 0 Å². The highest BCUT2D eigenvalue weighted by Crippen LogP contribution is 2.04. The molecule has 1 rings (SSSR count). The lowest BCUT2D eigenvalue weighted by atomic mass is 10.1. The van der Waals surface area contributed by atoms with Gasteiger partial charge in [0.1, 0.15) is 0 Å². The van der Waals surface area contributed by atoms with Crippen LogP contribution in [-0.4, -0.2) is 20.7 Å². The molecule has 84 valence electrons. The fraction of sp³-hybridized carbons (Fsp3) is 0.455. The number of benzene rings is 1. The van der Waals surface area contributed by atoms with Crippen molar-refractivity contribution in [1.29, 1.82) is 0 Å². The highest BCUT2D eigenvalue weighted by molar-refractivity contribution is 7.88. The normalized spacial score (nSPS) is 13.7. The molecular weight excluding hydrogens is 210 g/mol. The molecule has 1 N–H and O–H groups in total. The van der Waals surface area contributed by atoms with Crippen LogP contribution < -0.4 is 4.72 Å². The zero-order chi connectivity index (χ0) is 11.3. The van der Waals surface area contributed by atoms with E-state index in [4.69, 9.17) is 0 Å². The lowest BCUT2D eigenvalue weighted by molar-refractivity contribution is 0.552. The van der Waals surface area contributed by atoms with Gasteiger partial charge in [-0.1, -0.05) is 30.3 Å². The molecule has 15 heavy (non-hydrogen) atoms. The average molecular weight is 227 g/mol.